The molecule has 1 aromatic heterocycles. The number of hydrogen-bond donors (Lipinski definition) is 3. The molecule has 3 N–H and O–H groups in total. The molecule has 0 aliphatic heterocycles. The van der Waals surface area contributed by atoms with Gasteiger partial charge in [0.2, 0.25) is 5.95 Å². The monoisotopic (exact) mass is 433 g/mol. The van der Waals surface area contributed by atoms with Gasteiger partial charge in [-0.2, -0.15) is 19.0 Å². The maximum Gasteiger partial charge on any atom is 0.387 e. The average molecular weight is 434 g/mol. The van der Waals surface area contributed by atoms with Crippen LogP contribution in [0.1, 0.15) is 45.7 Å². The number of anilines is 2. The maximum absolute atomic E-state index is 12.6. The second-order valence-electron chi connectivity index (χ2n) is 8.36. The molecule has 0 bridgehead atoms. The zero-order chi connectivity index (χ0) is 22.4. The highest BCUT2D eigenvalue weighted by Crippen LogP contribution is 2.37. The minimum atomic E-state index is -2.88. The molecule has 9 heteroatoms. The normalized spacial score (nSPS) is 20.2. The number of halogens is 2. The van der Waals surface area contributed by atoms with E-state index in [1.54, 1.807) is 18.2 Å². The number of rotatable bonds is 8. The summed E-state index contributed by atoms with van der Waals surface area (Å²) in [4.78, 5) is 8.61. The van der Waals surface area contributed by atoms with Crippen molar-refractivity contribution in [1.82, 2.24) is 9.97 Å². The summed E-state index contributed by atoms with van der Waals surface area (Å²) >= 11 is 0. The minimum absolute atomic E-state index is 0. The van der Waals surface area contributed by atoms with Crippen LogP contribution in [0, 0.1) is 16.7 Å². The fourth-order valence-corrected chi connectivity index (χ4v) is 3.83. The van der Waals surface area contributed by atoms with Crippen molar-refractivity contribution in [3.63, 3.8) is 0 Å². The zero-order valence-corrected chi connectivity index (χ0v) is 17.6. The van der Waals surface area contributed by atoms with Crippen molar-refractivity contribution < 1.29 is 20.1 Å². The van der Waals surface area contributed by atoms with Crippen molar-refractivity contribution in [1.29, 1.82) is 5.26 Å². The number of benzene rings is 1. The Bertz CT molecular complexity index is 939. The number of hydrogen-bond acceptors (Lipinski definition) is 7. The molecular formula is C22H29F2N5O2. The number of aliphatic hydroxyl groups is 1. The number of nitrogens with zero attached hydrogens (tertiary/aromatic N) is 3. The van der Waals surface area contributed by atoms with E-state index in [1.807, 2.05) is 13.8 Å². The van der Waals surface area contributed by atoms with E-state index in [4.69, 9.17) is 0 Å². The summed E-state index contributed by atoms with van der Waals surface area (Å²) in [5.74, 6) is 0.923. The van der Waals surface area contributed by atoms with Crippen molar-refractivity contribution in [2.24, 2.45) is 5.41 Å². The smallest absolute Gasteiger partial charge is 0.387 e. The lowest BCUT2D eigenvalue weighted by atomic mass is 9.73. The molecule has 1 aromatic carbocycles. The Morgan fingerprint density at radius 2 is 2.13 bits per heavy atom. The predicted molar refractivity (Wildman–Crippen MR) is 115 cm³/mol. The highest BCUT2D eigenvalue weighted by Gasteiger charge is 2.35. The average Bonchev–Trinajstić information content (AvgIpc) is 2.72. The lowest BCUT2D eigenvalue weighted by Crippen LogP contribution is -2.41. The third-order valence-corrected chi connectivity index (χ3v) is 5.58. The maximum atomic E-state index is 12.6. The Hall–Kier alpha value is -2.99. The highest BCUT2D eigenvalue weighted by molar-refractivity contribution is 5.54. The van der Waals surface area contributed by atoms with E-state index in [1.165, 1.54) is 12.3 Å². The van der Waals surface area contributed by atoms with Gasteiger partial charge in [-0.25, -0.2) is 4.98 Å². The first-order valence-electron chi connectivity index (χ1n) is 10.3. The molecule has 0 spiro atoms. The topological polar surface area (TPSA) is 103 Å². The molecule has 3 rings (SSSR count). The highest BCUT2D eigenvalue weighted by atomic mass is 19.3. The summed E-state index contributed by atoms with van der Waals surface area (Å²) in [5.41, 5.74) is 0.764. The summed E-state index contributed by atoms with van der Waals surface area (Å²) in [6.07, 6.45) is 3.76. The fraction of sp³-hybridized carbons (Fsp3) is 0.500. The van der Waals surface area contributed by atoms with E-state index in [0.29, 0.717) is 42.3 Å². The second kappa shape index (κ2) is 9.88. The lowest BCUT2D eigenvalue weighted by Gasteiger charge is -2.40. The van der Waals surface area contributed by atoms with Gasteiger partial charge in [-0.3, -0.25) is 0 Å². The summed E-state index contributed by atoms with van der Waals surface area (Å²) < 4.78 is 29.7. The van der Waals surface area contributed by atoms with E-state index in [-0.39, 0.29) is 24.7 Å². The zero-order valence-electron chi connectivity index (χ0n) is 17.6. The first-order valence-corrected chi connectivity index (χ1v) is 10.3. The van der Waals surface area contributed by atoms with Crippen molar-refractivity contribution >= 4 is 11.8 Å². The van der Waals surface area contributed by atoms with Gasteiger partial charge in [0, 0.05) is 14.0 Å². The van der Waals surface area contributed by atoms with Gasteiger partial charge < -0.3 is 20.5 Å². The number of aliphatic hydroxyl groups excluding tert-OH is 1. The molecule has 168 valence electrons. The third kappa shape index (κ3) is 6.01. The van der Waals surface area contributed by atoms with E-state index < -0.39 is 6.61 Å². The summed E-state index contributed by atoms with van der Waals surface area (Å²) in [5, 5.41) is 26.0. The van der Waals surface area contributed by atoms with Gasteiger partial charge in [0.1, 0.15) is 23.2 Å². The van der Waals surface area contributed by atoms with Gasteiger partial charge in [-0.1, -0.05) is 32.0 Å². The Kier molecular flexibility index (Phi) is 7.23. The first kappa shape index (κ1) is 22.7. The number of alkyl halides is 2. The molecule has 7 nitrogen and oxygen atoms in total. The van der Waals surface area contributed by atoms with Crippen LogP contribution in [0.3, 0.4) is 0 Å². The Morgan fingerprint density at radius 3 is 2.84 bits per heavy atom. The number of aromatic nitrogens is 2. The van der Waals surface area contributed by atoms with Crippen LogP contribution in [-0.4, -0.2) is 40.4 Å². The molecule has 1 heterocycles. The molecule has 1 saturated carbocycles. The molecule has 31 heavy (non-hydrogen) atoms. The Labute approximate surface area is 182 Å². The van der Waals surface area contributed by atoms with Gasteiger partial charge in [0.05, 0.1) is 12.3 Å². The fourth-order valence-electron chi connectivity index (χ4n) is 3.83. The Morgan fingerprint density at radius 1 is 1.35 bits per heavy atom. The van der Waals surface area contributed by atoms with E-state index >= 15 is 0 Å². The van der Waals surface area contributed by atoms with Crippen LogP contribution >= 0.6 is 0 Å². The number of nitriles is 1. The van der Waals surface area contributed by atoms with Gasteiger partial charge in [-0.05, 0) is 42.7 Å². The van der Waals surface area contributed by atoms with Crippen LogP contribution in [0.2, 0.25) is 0 Å². The third-order valence-electron chi connectivity index (χ3n) is 5.58. The standard InChI is InChI=1S/C22H27F2N5O2.H2/c1-22(2)11-16(7-8-18(22)30)28-19-15(12-25)13-27-21(29-19)26-10-9-14-5-3-4-6-17(14)31-20(23)24;/h3-6,13,16,18,20,30H,7-11H2,1-2H3,(H2,26,27,28,29);1H/t16-,18+;/m1./s1. The first-order chi connectivity index (χ1) is 14.8. The molecule has 2 aromatic rings. The molecule has 1 aliphatic rings. The molecule has 2 atom stereocenters. The molecular weight excluding hydrogens is 404 g/mol. The predicted octanol–water partition coefficient (Wildman–Crippen LogP) is 4.20. The SMILES string of the molecule is CC1(C)C[C@H](Nc2nc(NCCc3ccccc3OC(F)F)ncc2C#N)CC[C@@H]1O.[HH]. The van der Waals surface area contributed by atoms with Crippen LogP contribution in [-0.2, 0) is 6.42 Å². The molecule has 0 radical (unpaired) electrons. The number of nitrogens with one attached hydrogen (secondary N) is 2. The Balaban J connectivity index is 0.00000363. The molecule has 1 aliphatic carbocycles. The van der Waals surface area contributed by atoms with Crippen molar-refractivity contribution in [3.8, 4) is 11.8 Å². The van der Waals surface area contributed by atoms with Crippen LogP contribution in [0.15, 0.2) is 30.5 Å². The van der Waals surface area contributed by atoms with E-state index in [2.05, 4.69) is 31.4 Å². The quantitative estimate of drug-likeness (QED) is 0.573. The van der Waals surface area contributed by atoms with Crippen molar-refractivity contribution in [2.75, 3.05) is 17.2 Å². The van der Waals surface area contributed by atoms with Crippen LogP contribution in [0.4, 0.5) is 20.5 Å². The van der Waals surface area contributed by atoms with Crippen LogP contribution < -0.4 is 15.4 Å². The molecule has 1 fully saturated rings. The van der Waals surface area contributed by atoms with E-state index in [0.717, 1.165) is 12.8 Å². The second-order valence-corrected chi connectivity index (χ2v) is 8.36. The molecule has 0 amide bonds. The van der Waals surface area contributed by atoms with Gasteiger partial charge >= 0.3 is 6.61 Å². The van der Waals surface area contributed by atoms with E-state index in [9.17, 15) is 19.1 Å². The minimum Gasteiger partial charge on any atom is -0.435 e. The summed E-state index contributed by atoms with van der Waals surface area (Å²) in [7, 11) is 0. The summed E-state index contributed by atoms with van der Waals surface area (Å²) in [6.45, 7) is 1.58. The number of ether oxygens (including phenoxy) is 1. The van der Waals surface area contributed by atoms with Gasteiger partial charge in [0.15, 0.2) is 0 Å². The van der Waals surface area contributed by atoms with Gasteiger partial charge in [0.25, 0.3) is 0 Å². The summed E-state index contributed by atoms with van der Waals surface area (Å²) in [6, 6.07) is 8.82. The van der Waals surface area contributed by atoms with Crippen LogP contribution in [0.25, 0.3) is 0 Å². The van der Waals surface area contributed by atoms with Crippen molar-refractivity contribution in [2.45, 2.75) is 58.3 Å². The lowest BCUT2D eigenvalue weighted by molar-refractivity contribution is -0.0504. The largest absolute Gasteiger partial charge is 0.435 e. The molecule has 0 unspecified atom stereocenters. The molecule has 0 saturated heterocycles. The van der Waals surface area contributed by atoms with Crippen LogP contribution in [0.5, 0.6) is 5.75 Å². The van der Waals surface area contributed by atoms with Gasteiger partial charge in [-0.15, -0.1) is 0 Å². The van der Waals surface area contributed by atoms with Crippen molar-refractivity contribution in [3.05, 3.63) is 41.6 Å². The number of para-hydroxylation sites is 1.